The maximum absolute atomic E-state index is 10.0. The molecule has 10 aromatic rings. The fourth-order valence-electron chi connectivity index (χ4n) is 7.02. The molecule has 0 amide bonds. The molecule has 3 aromatic heterocycles. The van der Waals surface area contributed by atoms with Gasteiger partial charge in [0.05, 0.1) is 11.6 Å². The maximum atomic E-state index is 10.0. The lowest BCUT2D eigenvalue weighted by Crippen LogP contribution is -2.01. The van der Waals surface area contributed by atoms with Gasteiger partial charge in [0.1, 0.15) is 0 Å². The van der Waals surface area contributed by atoms with Crippen molar-refractivity contribution in [2.75, 3.05) is 0 Å². The molecule has 10 rings (SSSR count). The van der Waals surface area contributed by atoms with E-state index in [1.807, 2.05) is 71.2 Å². The number of nitrogens with zero attached hydrogens (tertiary/aromatic N) is 4. The molecule has 0 bridgehead atoms. The summed E-state index contributed by atoms with van der Waals surface area (Å²) in [6, 6.07) is 57.1. The van der Waals surface area contributed by atoms with Crippen LogP contribution in [0.2, 0.25) is 0 Å². The van der Waals surface area contributed by atoms with Crippen molar-refractivity contribution in [1.82, 2.24) is 15.0 Å². The van der Waals surface area contributed by atoms with Crippen LogP contribution in [0, 0.1) is 11.3 Å². The molecule has 7 aromatic carbocycles. The van der Waals surface area contributed by atoms with E-state index in [1.165, 1.54) is 40.3 Å². The number of hydrogen-bond donors (Lipinski definition) is 0. The second kappa shape index (κ2) is 12.4. The fourth-order valence-corrected chi connectivity index (χ4v) is 9.19. The van der Waals surface area contributed by atoms with Gasteiger partial charge in [-0.15, -0.1) is 22.7 Å². The molecule has 0 radical (unpaired) electrons. The van der Waals surface area contributed by atoms with Crippen molar-refractivity contribution in [1.29, 1.82) is 5.26 Å². The van der Waals surface area contributed by atoms with Crippen molar-refractivity contribution >= 4 is 63.0 Å². The molecule has 4 nitrogen and oxygen atoms in total. The second-order valence-electron chi connectivity index (χ2n) is 12.7. The Bertz CT molecular complexity index is 2910. The first kappa shape index (κ1) is 30.3. The van der Waals surface area contributed by atoms with Crippen LogP contribution in [0.5, 0.6) is 0 Å². The number of rotatable bonds is 5. The minimum absolute atomic E-state index is 0.463. The highest BCUT2D eigenvalue weighted by atomic mass is 32.1. The third-order valence-corrected chi connectivity index (χ3v) is 11.9. The Balaban J connectivity index is 1.22. The minimum atomic E-state index is 0.463. The van der Waals surface area contributed by atoms with Gasteiger partial charge < -0.3 is 0 Å². The van der Waals surface area contributed by atoms with Crippen molar-refractivity contribution in [3.63, 3.8) is 0 Å². The zero-order valence-electron chi connectivity index (χ0n) is 27.6. The van der Waals surface area contributed by atoms with Crippen LogP contribution in [0.1, 0.15) is 5.56 Å². The van der Waals surface area contributed by atoms with E-state index in [9.17, 15) is 5.26 Å². The molecule has 0 spiro atoms. The summed E-state index contributed by atoms with van der Waals surface area (Å²) in [6.45, 7) is 0. The molecule has 0 aliphatic carbocycles. The van der Waals surface area contributed by atoms with Crippen LogP contribution in [-0.4, -0.2) is 15.0 Å². The first-order chi connectivity index (χ1) is 25.7. The monoisotopic (exact) mass is 698 g/mol. The van der Waals surface area contributed by atoms with E-state index in [4.69, 9.17) is 15.0 Å². The van der Waals surface area contributed by atoms with E-state index in [1.54, 1.807) is 6.07 Å². The Kier molecular flexibility index (Phi) is 7.21. The third kappa shape index (κ3) is 5.23. The van der Waals surface area contributed by atoms with Gasteiger partial charge in [-0.05, 0) is 89.0 Å². The molecule has 0 atom stereocenters. The van der Waals surface area contributed by atoms with Gasteiger partial charge in [0.2, 0.25) is 0 Å². The van der Waals surface area contributed by atoms with E-state index in [0.29, 0.717) is 28.6 Å². The highest BCUT2D eigenvalue weighted by Crippen LogP contribution is 2.41. The third-order valence-electron chi connectivity index (χ3n) is 9.57. The first-order valence-corrected chi connectivity index (χ1v) is 18.6. The van der Waals surface area contributed by atoms with Crippen molar-refractivity contribution in [3.05, 3.63) is 163 Å². The molecule has 0 aliphatic rings. The Labute approximate surface area is 307 Å². The van der Waals surface area contributed by atoms with Gasteiger partial charge in [-0.3, -0.25) is 0 Å². The largest absolute Gasteiger partial charge is 0.208 e. The highest BCUT2D eigenvalue weighted by Gasteiger charge is 2.17. The maximum Gasteiger partial charge on any atom is 0.165 e. The molecule has 3 heterocycles. The average Bonchev–Trinajstić information content (AvgIpc) is 3.78. The van der Waals surface area contributed by atoms with Gasteiger partial charge in [-0.25, -0.2) is 15.0 Å². The smallest absolute Gasteiger partial charge is 0.165 e. The SMILES string of the molecule is N#Cc1ccccc1-c1nc(-c2ccccc2)nc(-c2cc(-c3ccc4sc5ccccc5c4c3)cc(-c3ccc4sc5ccccc5c4c3)c2)n1. The van der Waals surface area contributed by atoms with Gasteiger partial charge >= 0.3 is 0 Å². The summed E-state index contributed by atoms with van der Waals surface area (Å²) in [7, 11) is 0. The Morgan fingerprint density at radius 3 is 1.46 bits per heavy atom. The minimum Gasteiger partial charge on any atom is -0.208 e. The second-order valence-corrected chi connectivity index (χ2v) is 14.9. The van der Waals surface area contributed by atoms with Crippen LogP contribution < -0.4 is 0 Å². The lowest BCUT2D eigenvalue weighted by molar-refractivity contribution is 1.07. The van der Waals surface area contributed by atoms with Crippen molar-refractivity contribution in [2.45, 2.75) is 0 Å². The Morgan fingerprint density at radius 2 is 0.846 bits per heavy atom. The predicted molar refractivity (Wildman–Crippen MR) is 217 cm³/mol. The fraction of sp³-hybridized carbons (Fsp3) is 0. The number of hydrogen-bond acceptors (Lipinski definition) is 6. The Hall–Kier alpha value is -6.52. The molecule has 6 heteroatoms. The molecule has 0 aliphatic heterocycles. The molecule has 52 heavy (non-hydrogen) atoms. The first-order valence-electron chi connectivity index (χ1n) is 17.0. The summed E-state index contributed by atoms with van der Waals surface area (Å²) in [6.07, 6.45) is 0. The predicted octanol–water partition coefficient (Wildman–Crippen LogP) is 12.8. The number of fused-ring (bicyclic) bond motifs is 6. The topological polar surface area (TPSA) is 62.5 Å². The molecule has 0 saturated heterocycles. The van der Waals surface area contributed by atoms with E-state index < -0.39 is 0 Å². The van der Waals surface area contributed by atoms with Crippen LogP contribution in [0.25, 0.3) is 96.8 Å². The van der Waals surface area contributed by atoms with E-state index in [-0.39, 0.29) is 0 Å². The van der Waals surface area contributed by atoms with Crippen LogP contribution in [0.3, 0.4) is 0 Å². The number of nitriles is 1. The molecule has 0 fully saturated rings. The summed E-state index contributed by atoms with van der Waals surface area (Å²) < 4.78 is 5.09. The van der Waals surface area contributed by atoms with Crippen LogP contribution in [0.15, 0.2) is 158 Å². The molecule has 0 saturated carbocycles. The average molecular weight is 699 g/mol. The van der Waals surface area contributed by atoms with Crippen LogP contribution in [-0.2, 0) is 0 Å². The number of benzene rings is 7. The van der Waals surface area contributed by atoms with Gasteiger partial charge in [0, 0.05) is 57.0 Å². The van der Waals surface area contributed by atoms with Gasteiger partial charge in [-0.2, -0.15) is 5.26 Å². The molecular weight excluding hydrogens is 673 g/mol. The summed E-state index contributed by atoms with van der Waals surface area (Å²) >= 11 is 3.64. The van der Waals surface area contributed by atoms with Gasteiger partial charge in [0.25, 0.3) is 0 Å². The zero-order valence-corrected chi connectivity index (χ0v) is 29.2. The van der Waals surface area contributed by atoms with Gasteiger partial charge in [0.15, 0.2) is 17.5 Å². The summed E-state index contributed by atoms with van der Waals surface area (Å²) in [5, 5.41) is 15.0. The summed E-state index contributed by atoms with van der Waals surface area (Å²) in [5.74, 6) is 1.56. The van der Waals surface area contributed by atoms with Crippen molar-refractivity contribution < 1.29 is 0 Å². The van der Waals surface area contributed by atoms with Crippen molar-refractivity contribution in [3.8, 4) is 62.5 Å². The standard InChI is InChI=1S/C46H26N4S2/c47-27-31-12-4-5-13-35(31)46-49-44(28-10-2-1-3-11-28)48-45(50-46)34-23-32(29-18-20-42-38(25-29)36-14-6-8-16-40(36)51-42)22-33(24-34)30-19-21-43-39(26-30)37-15-7-9-17-41(37)52-43/h1-26H. The normalized spacial score (nSPS) is 11.4. The quantitative estimate of drug-likeness (QED) is 0.179. The molecular formula is C46H26N4S2. The molecule has 0 N–H and O–H groups in total. The zero-order chi connectivity index (χ0) is 34.6. The van der Waals surface area contributed by atoms with Gasteiger partial charge in [-0.1, -0.05) is 91.0 Å². The van der Waals surface area contributed by atoms with Crippen molar-refractivity contribution in [2.24, 2.45) is 0 Å². The number of thiophene rings is 2. The van der Waals surface area contributed by atoms with E-state index in [0.717, 1.165) is 33.4 Å². The lowest BCUT2D eigenvalue weighted by atomic mass is 9.94. The van der Waals surface area contributed by atoms with Crippen LogP contribution >= 0.6 is 22.7 Å². The lowest BCUT2D eigenvalue weighted by Gasteiger charge is -2.13. The summed E-state index contributed by atoms with van der Waals surface area (Å²) in [5.41, 5.74) is 7.31. The van der Waals surface area contributed by atoms with E-state index in [2.05, 4.69) is 109 Å². The highest BCUT2D eigenvalue weighted by molar-refractivity contribution is 7.26. The summed E-state index contributed by atoms with van der Waals surface area (Å²) in [4.78, 5) is 15.1. The Morgan fingerprint density at radius 1 is 0.365 bits per heavy atom. The van der Waals surface area contributed by atoms with E-state index >= 15 is 0 Å². The van der Waals surface area contributed by atoms with Crippen LogP contribution in [0.4, 0.5) is 0 Å². The number of aromatic nitrogens is 3. The molecule has 0 unspecified atom stereocenters. The molecule has 242 valence electrons.